The third-order valence-electron chi connectivity index (χ3n) is 3.92. The SMILES string of the molecule is COc1ccc(C(C)NC(=O)CC(N)c2ccccc2)cc1OC. The number of hydrogen-bond acceptors (Lipinski definition) is 4. The summed E-state index contributed by atoms with van der Waals surface area (Å²) in [5, 5.41) is 2.97. The summed E-state index contributed by atoms with van der Waals surface area (Å²) in [5.74, 6) is 1.21. The lowest BCUT2D eigenvalue weighted by Gasteiger charge is -2.18. The van der Waals surface area contributed by atoms with Crippen molar-refractivity contribution in [2.75, 3.05) is 14.2 Å². The molecule has 0 saturated carbocycles. The lowest BCUT2D eigenvalue weighted by molar-refractivity contribution is -0.122. The Morgan fingerprint density at radius 2 is 1.71 bits per heavy atom. The molecule has 0 aromatic heterocycles. The quantitative estimate of drug-likeness (QED) is 0.819. The highest BCUT2D eigenvalue weighted by Gasteiger charge is 2.15. The molecule has 128 valence electrons. The van der Waals surface area contributed by atoms with Crippen LogP contribution in [0.15, 0.2) is 48.5 Å². The Kier molecular flexibility index (Phi) is 6.21. The zero-order chi connectivity index (χ0) is 17.5. The van der Waals surface area contributed by atoms with E-state index in [1.165, 1.54) is 0 Å². The zero-order valence-corrected chi connectivity index (χ0v) is 14.3. The Labute approximate surface area is 142 Å². The van der Waals surface area contributed by atoms with E-state index in [4.69, 9.17) is 15.2 Å². The van der Waals surface area contributed by atoms with Gasteiger partial charge in [-0.25, -0.2) is 0 Å². The smallest absolute Gasteiger partial charge is 0.222 e. The van der Waals surface area contributed by atoms with Gasteiger partial charge in [-0.15, -0.1) is 0 Å². The van der Waals surface area contributed by atoms with Gasteiger partial charge in [-0.2, -0.15) is 0 Å². The molecule has 0 fully saturated rings. The van der Waals surface area contributed by atoms with Crippen LogP contribution in [0.4, 0.5) is 0 Å². The Morgan fingerprint density at radius 3 is 2.33 bits per heavy atom. The van der Waals surface area contributed by atoms with Crippen molar-refractivity contribution < 1.29 is 14.3 Å². The van der Waals surface area contributed by atoms with Crippen LogP contribution in [-0.2, 0) is 4.79 Å². The Morgan fingerprint density at radius 1 is 1.04 bits per heavy atom. The predicted molar refractivity (Wildman–Crippen MR) is 94.1 cm³/mol. The number of nitrogens with two attached hydrogens (primary N) is 1. The minimum atomic E-state index is -0.316. The number of amides is 1. The van der Waals surface area contributed by atoms with Gasteiger partial charge in [0.25, 0.3) is 0 Å². The van der Waals surface area contributed by atoms with E-state index in [9.17, 15) is 4.79 Å². The summed E-state index contributed by atoms with van der Waals surface area (Å²) in [6.45, 7) is 1.92. The first kappa shape index (κ1) is 17.8. The van der Waals surface area contributed by atoms with Crippen LogP contribution in [0, 0.1) is 0 Å². The van der Waals surface area contributed by atoms with Crippen LogP contribution in [0.3, 0.4) is 0 Å². The van der Waals surface area contributed by atoms with Gasteiger partial charge >= 0.3 is 0 Å². The van der Waals surface area contributed by atoms with Crippen molar-refractivity contribution in [3.05, 3.63) is 59.7 Å². The third-order valence-corrected chi connectivity index (χ3v) is 3.92. The van der Waals surface area contributed by atoms with E-state index in [2.05, 4.69) is 5.32 Å². The van der Waals surface area contributed by atoms with Gasteiger partial charge < -0.3 is 20.5 Å². The summed E-state index contributed by atoms with van der Waals surface area (Å²) < 4.78 is 10.5. The van der Waals surface area contributed by atoms with Crippen LogP contribution < -0.4 is 20.5 Å². The van der Waals surface area contributed by atoms with Crippen LogP contribution in [0.1, 0.15) is 36.6 Å². The number of carbonyl (C=O) groups is 1. The summed E-state index contributed by atoms with van der Waals surface area (Å²) in [6, 6.07) is 14.7. The summed E-state index contributed by atoms with van der Waals surface area (Å²) in [5.41, 5.74) is 7.99. The van der Waals surface area contributed by atoms with E-state index in [1.54, 1.807) is 14.2 Å². The molecule has 1 amide bonds. The molecule has 0 radical (unpaired) electrons. The maximum absolute atomic E-state index is 12.2. The Hall–Kier alpha value is -2.53. The lowest BCUT2D eigenvalue weighted by Crippen LogP contribution is -2.29. The lowest BCUT2D eigenvalue weighted by atomic mass is 10.0. The van der Waals surface area contributed by atoms with E-state index in [1.807, 2.05) is 55.5 Å². The fourth-order valence-electron chi connectivity index (χ4n) is 2.52. The van der Waals surface area contributed by atoms with Crippen LogP contribution in [0.2, 0.25) is 0 Å². The van der Waals surface area contributed by atoms with Crippen molar-refractivity contribution in [3.8, 4) is 11.5 Å². The highest BCUT2D eigenvalue weighted by molar-refractivity contribution is 5.77. The largest absolute Gasteiger partial charge is 0.493 e. The van der Waals surface area contributed by atoms with Gasteiger partial charge in [0, 0.05) is 12.5 Å². The summed E-state index contributed by atoms with van der Waals surface area (Å²) in [7, 11) is 3.18. The van der Waals surface area contributed by atoms with Crippen LogP contribution in [0.5, 0.6) is 11.5 Å². The molecule has 5 heteroatoms. The third kappa shape index (κ3) is 4.49. The maximum atomic E-state index is 12.2. The normalized spacial score (nSPS) is 13.0. The van der Waals surface area contributed by atoms with E-state index < -0.39 is 0 Å². The van der Waals surface area contributed by atoms with Crippen molar-refractivity contribution in [2.24, 2.45) is 5.73 Å². The maximum Gasteiger partial charge on any atom is 0.222 e. The molecule has 5 nitrogen and oxygen atoms in total. The minimum absolute atomic E-state index is 0.0892. The van der Waals surface area contributed by atoms with Crippen molar-refractivity contribution in [2.45, 2.75) is 25.4 Å². The van der Waals surface area contributed by atoms with Gasteiger partial charge in [0.15, 0.2) is 11.5 Å². The second-order valence-electron chi connectivity index (χ2n) is 5.62. The first-order valence-electron chi connectivity index (χ1n) is 7.87. The summed E-state index contributed by atoms with van der Waals surface area (Å²) >= 11 is 0. The molecular formula is C19H24N2O3. The van der Waals surface area contributed by atoms with Crippen molar-refractivity contribution in [1.82, 2.24) is 5.32 Å². The van der Waals surface area contributed by atoms with E-state index in [0.717, 1.165) is 11.1 Å². The summed E-state index contributed by atoms with van der Waals surface area (Å²) in [6.07, 6.45) is 0.238. The van der Waals surface area contributed by atoms with Gasteiger partial charge in [0.05, 0.1) is 20.3 Å². The van der Waals surface area contributed by atoms with Crippen LogP contribution in [0.25, 0.3) is 0 Å². The second-order valence-corrected chi connectivity index (χ2v) is 5.62. The molecule has 2 aromatic rings. The molecule has 0 bridgehead atoms. The number of carbonyl (C=O) groups excluding carboxylic acids is 1. The number of benzene rings is 2. The fraction of sp³-hybridized carbons (Fsp3) is 0.316. The van der Waals surface area contributed by atoms with Crippen molar-refractivity contribution >= 4 is 5.91 Å². The fourth-order valence-corrected chi connectivity index (χ4v) is 2.52. The standard InChI is InChI=1S/C19H24N2O3/c1-13(15-9-10-17(23-2)18(11-15)24-3)21-19(22)12-16(20)14-7-5-4-6-8-14/h4-11,13,16H,12,20H2,1-3H3,(H,21,22). The average molecular weight is 328 g/mol. The van der Waals surface area contributed by atoms with Gasteiger partial charge in [-0.3, -0.25) is 4.79 Å². The molecular weight excluding hydrogens is 304 g/mol. The van der Waals surface area contributed by atoms with Gasteiger partial charge in [-0.1, -0.05) is 36.4 Å². The number of hydrogen-bond donors (Lipinski definition) is 2. The van der Waals surface area contributed by atoms with Gasteiger partial charge in [-0.05, 0) is 30.2 Å². The molecule has 0 aliphatic carbocycles. The summed E-state index contributed by atoms with van der Waals surface area (Å²) in [4.78, 5) is 12.2. The predicted octanol–water partition coefficient (Wildman–Crippen LogP) is 2.97. The number of ether oxygens (including phenoxy) is 2. The Bertz CT molecular complexity index is 674. The number of rotatable bonds is 7. The highest BCUT2D eigenvalue weighted by Crippen LogP contribution is 2.30. The molecule has 2 rings (SSSR count). The van der Waals surface area contributed by atoms with E-state index >= 15 is 0 Å². The number of methoxy groups -OCH3 is 2. The van der Waals surface area contributed by atoms with Crippen LogP contribution >= 0.6 is 0 Å². The molecule has 0 aliphatic heterocycles. The van der Waals surface area contributed by atoms with Crippen molar-refractivity contribution in [1.29, 1.82) is 0 Å². The average Bonchev–Trinajstić information content (AvgIpc) is 2.61. The first-order valence-corrected chi connectivity index (χ1v) is 7.87. The molecule has 0 aliphatic rings. The first-order chi connectivity index (χ1) is 11.5. The Balaban J connectivity index is 1.98. The van der Waals surface area contributed by atoms with Gasteiger partial charge in [0.2, 0.25) is 5.91 Å². The molecule has 0 spiro atoms. The molecule has 24 heavy (non-hydrogen) atoms. The molecule has 0 heterocycles. The zero-order valence-electron chi connectivity index (χ0n) is 14.3. The number of nitrogens with one attached hydrogen (secondary N) is 1. The molecule has 2 atom stereocenters. The van der Waals surface area contributed by atoms with Crippen LogP contribution in [-0.4, -0.2) is 20.1 Å². The molecule has 0 saturated heterocycles. The second kappa shape index (κ2) is 8.36. The molecule has 2 aromatic carbocycles. The topological polar surface area (TPSA) is 73.6 Å². The molecule has 2 unspecified atom stereocenters. The van der Waals surface area contributed by atoms with E-state index in [0.29, 0.717) is 11.5 Å². The molecule has 3 N–H and O–H groups in total. The highest BCUT2D eigenvalue weighted by atomic mass is 16.5. The monoisotopic (exact) mass is 328 g/mol. The minimum Gasteiger partial charge on any atom is -0.493 e. The van der Waals surface area contributed by atoms with Gasteiger partial charge in [0.1, 0.15) is 0 Å². The van der Waals surface area contributed by atoms with Crippen molar-refractivity contribution in [3.63, 3.8) is 0 Å². The van der Waals surface area contributed by atoms with E-state index in [-0.39, 0.29) is 24.4 Å².